The number of rotatable bonds is 15. The fourth-order valence-electron chi connectivity index (χ4n) is 4.35. The molecule has 1 rings (SSSR count). The highest BCUT2D eigenvalue weighted by molar-refractivity contribution is 5.83. The van der Waals surface area contributed by atoms with Gasteiger partial charge in [-0.2, -0.15) is 0 Å². The number of aliphatic carboxylic acids is 1. The number of esters is 2. The molecule has 6 heteroatoms. The molecule has 1 fully saturated rings. The zero-order chi connectivity index (χ0) is 23.2. The van der Waals surface area contributed by atoms with E-state index in [1.165, 1.54) is 0 Å². The molecule has 1 saturated carbocycles. The number of carbonyl (C=O) groups excluding carboxylic acids is 2. The van der Waals surface area contributed by atoms with Gasteiger partial charge in [0.25, 0.3) is 0 Å². The molecule has 0 saturated heterocycles. The number of carboxylic acids is 1. The van der Waals surface area contributed by atoms with Gasteiger partial charge in [-0.25, -0.2) is 0 Å². The Balaban J connectivity index is 2.75. The van der Waals surface area contributed by atoms with E-state index in [2.05, 4.69) is 27.7 Å². The molecule has 0 aromatic rings. The van der Waals surface area contributed by atoms with Gasteiger partial charge in [-0.1, -0.05) is 66.2 Å². The summed E-state index contributed by atoms with van der Waals surface area (Å²) < 4.78 is 11.2. The molecule has 5 atom stereocenters. The van der Waals surface area contributed by atoms with Crippen molar-refractivity contribution in [1.29, 1.82) is 0 Å². The minimum atomic E-state index is -0.912. The normalized spacial score (nSPS) is 23.0. The number of ether oxygens (including phenoxy) is 2. The highest BCUT2D eigenvalue weighted by Gasteiger charge is 2.43. The predicted octanol–water partition coefficient (Wildman–Crippen LogP) is 5.62. The average molecular weight is 441 g/mol. The maximum Gasteiger partial charge on any atom is 0.309 e. The summed E-state index contributed by atoms with van der Waals surface area (Å²) in [4.78, 5) is 37.2. The molecule has 31 heavy (non-hydrogen) atoms. The highest BCUT2D eigenvalue weighted by Crippen LogP contribution is 2.36. The predicted molar refractivity (Wildman–Crippen MR) is 120 cm³/mol. The number of carbonyl (C=O) groups is 3. The van der Waals surface area contributed by atoms with Gasteiger partial charge in [0.15, 0.2) is 0 Å². The molecule has 180 valence electrons. The Kier molecular flexibility index (Phi) is 13.5. The molecule has 0 heterocycles. The number of hydrogen-bond donors (Lipinski definition) is 1. The van der Waals surface area contributed by atoms with Crippen LogP contribution >= 0.6 is 0 Å². The third-order valence-electron chi connectivity index (χ3n) is 6.81. The number of hydrogen-bond acceptors (Lipinski definition) is 5. The first-order chi connectivity index (χ1) is 14.9. The van der Waals surface area contributed by atoms with Gasteiger partial charge < -0.3 is 14.6 Å². The Bertz CT molecular complexity index is 546. The van der Waals surface area contributed by atoms with Crippen molar-refractivity contribution in [3.05, 3.63) is 0 Å². The van der Waals surface area contributed by atoms with E-state index < -0.39 is 29.7 Å². The van der Waals surface area contributed by atoms with E-state index >= 15 is 0 Å². The number of carboxylic acid groups (broad SMARTS) is 1. The van der Waals surface area contributed by atoms with Crippen LogP contribution in [-0.2, 0) is 23.9 Å². The molecule has 1 aliphatic rings. The summed E-state index contributed by atoms with van der Waals surface area (Å²) >= 11 is 0. The maximum atomic E-state index is 12.9. The van der Waals surface area contributed by atoms with Crippen LogP contribution in [0.2, 0.25) is 0 Å². The van der Waals surface area contributed by atoms with Gasteiger partial charge in [0.2, 0.25) is 0 Å². The second-order valence-corrected chi connectivity index (χ2v) is 9.15. The van der Waals surface area contributed by atoms with E-state index in [1.807, 2.05) is 0 Å². The van der Waals surface area contributed by atoms with E-state index in [0.717, 1.165) is 51.4 Å². The molecule has 1 aliphatic carbocycles. The van der Waals surface area contributed by atoms with Gasteiger partial charge in [0.1, 0.15) is 0 Å². The molecule has 0 aliphatic heterocycles. The van der Waals surface area contributed by atoms with Crippen LogP contribution in [0.1, 0.15) is 98.3 Å². The number of unbranched alkanes of at least 4 members (excludes halogenated alkanes) is 2. The van der Waals surface area contributed by atoms with E-state index in [4.69, 9.17) is 9.47 Å². The fourth-order valence-corrected chi connectivity index (χ4v) is 4.35. The quantitative estimate of drug-likeness (QED) is 0.332. The lowest BCUT2D eigenvalue weighted by Crippen LogP contribution is -2.40. The highest BCUT2D eigenvalue weighted by atomic mass is 16.5. The van der Waals surface area contributed by atoms with Gasteiger partial charge in [0, 0.05) is 0 Å². The van der Waals surface area contributed by atoms with Gasteiger partial charge in [-0.3, -0.25) is 14.4 Å². The summed E-state index contributed by atoms with van der Waals surface area (Å²) in [5.41, 5.74) is 0. The molecule has 0 aromatic carbocycles. The minimum Gasteiger partial charge on any atom is -0.481 e. The van der Waals surface area contributed by atoms with Crippen LogP contribution in [0.5, 0.6) is 0 Å². The van der Waals surface area contributed by atoms with Gasteiger partial charge >= 0.3 is 17.9 Å². The van der Waals surface area contributed by atoms with Gasteiger partial charge in [-0.05, 0) is 43.9 Å². The lowest BCUT2D eigenvalue weighted by Gasteiger charge is -2.32. The second kappa shape index (κ2) is 15.3. The van der Waals surface area contributed by atoms with E-state index in [0.29, 0.717) is 37.9 Å². The lowest BCUT2D eigenvalue weighted by molar-refractivity contribution is -0.167. The monoisotopic (exact) mass is 440 g/mol. The lowest BCUT2D eigenvalue weighted by atomic mass is 9.74. The smallest absolute Gasteiger partial charge is 0.309 e. The molecular formula is C25H44O6. The summed E-state index contributed by atoms with van der Waals surface area (Å²) in [6, 6.07) is 0. The zero-order valence-electron chi connectivity index (χ0n) is 20.1. The standard InChI is InChI=1S/C25H44O6/c1-5-9-11-18(7-3)16-30-24(28)21-14-13-20(23(26)27)15-22(21)25(29)31-17-19(8-4)12-10-6-2/h18-22H,5-17H2,1-4H3,(H,26,27). The molecule has 0 bridgehead atoms. The SMILES string of the molecule is CCCCC(CC)COC(=O)C1CCC(C(=O)O)CC1C(=O)OCC(CC)CCCC. The van der Waals surface area contributed by atoms with Crippen molar-refractivity contribution in [1.82, 2.24) is 0 Å². The van der Waals surface area contributed by atoms with Crippen molar-refractivity contribution in [2.24, 2.45) is 29.6 Å². The summed E-state index contributed by atoms with van der Waals surface area (Å²) in [5, 5.41) is 9.44. The molecule has 0 aromatic heterocycles. The van der Waals surface area contributed by atoms with Crippen molar-refractivity contribution in [2.45, 2.75) is 98.3 Å². The molecule has 0 spiro atoms. The van der Waals surface area contributed by atoms with Crippen LogP contribution in [0.25, 0.3) is 0 Å². The summed E-state index contributed by atoms with van der Waals surface area (Å²) in [7, 11) is 0. The van der Waals surface area contributed by atoms with Crippen LogP contribution in [0, 0.1) is 29.6 Å². The Morgan fingerprint density at radius 1 is 0.806 bits per heavy atom. The van der Waals surface area contributed by atoms with Gasteiger partial charge in [-0.15, -0.1) is 0 Å². The van der Waals surface area contributed by atoms with Crippen LogP contribution in [0.3, 0.4) is 0 Å². The molecule has 1 N–H and O–H groups in total. The third-order valence-corrected chi connectivity index (χ3v) is 6.81. The molecule has 0 amide bonds. The molecule has 0 radical (unpaired) electrons. The average Bonchev–Trinajstić information content (AvgIpc) is 2.78. The van der Waals surface area contributed by atoms with Crippen LogP contribution < -0.4 is 0 Å². The van der Waals surface area contributed by atoms with Crippen LogP contribution in [0.15, 0.2) is 0 Å². The van der Waals surface area contributed by atoms with Crippen molar-refractivity contribution < 1.29 is 29.0 Å². The Labute approximate surface area is 188 Å². The zero-order valence-corrected chi connectivity index (χ0v) is 20.1. The van der Waals surface area contributed by atoms with Crippen LogP contribution in [-0.4, -0.2) is 36.2 Å². The topological polar surface area (TPSA) is 89.9 Å². The van der Waals surface area contributed by atoms with Gasteiger partial charge in [0.05, 0.1) is 31.0 Å². The van der Waals surface area contributed by atoms with E-state index in [1.54, 1.807) is 0 Å². The molecular weight excluding hydrogens is 396 g/mol. The van der Waals surface area contributed by atoms with Crippen molar-refractivity contribution in [3.63, 3.8) is 0 Å². The first-order valence-electron chi connectivity index (χ1n) is 12.4. The largest absolute Gasteiger partial charge is 0.481 e. The second-order valence-electron chi connectivity index (χ2n) is 9.15. The van der Waals surface area contributed by atoms with Crippen molar-refractivity contribution in [3.8, 4) is 0 Å². The maximum absolute atomic E-state index is 12.9. The fraction of sp³-hybridized carbons (Fsp3) is 0.880. The Morgan fingerprint density at radius 3 is 1.71 bits per heavy atom. The molecule has 5 unspecified atom stereocenters. The summed E-state index contributed by atoms with van der Waals surface area (Å²) in [6.45, 7) is 9.15. The molecule has 6 nitrogen and oxygen atoms in total. The van der Waals surface area contributed by atoms with E-state index in [-0.39, 0.29) is 12.4 Å². The first-order valence-corrected chi connectivity index (χ1v) is 12.4. The summed E-state index contributed by atoms with van der Waals surface area (Å²) in [5.74, 6) is -3.06. The van der Waals surface area contributed by atoms with Crippen molar-refractivity contribution in [2.75, 3.05) is 13.2 Å². The van der Waals surface area contributed by atoms with E-state index in [9.17, 15) is 19.5 Å². The Hall–Kier alpha value is -1.59. The minimum absolute atomic E-state index is 0.146. The van der Waals surface area contributed by atoms with Crippen molar-refractivity contribution >= 4 is 17.9 Å². The van der Waals surface area contributed by atoms with Crippen LogP contribution in [0.4, 0.5) is 0 Å². The first kappa shape index (κ1) is 27.4. The summed E-state index contributed by atoms with van der Waals surface area (Å²) in [6.07, 6.45) is 9.18. The third kappa shape index (κ3) is 9.61. The Morgan fingerprint density at radius 2 is 1.29 bits per heavy atom.